The van der Waals surface area contributed by atoms with Crippen molar-refractivity contribution in [2.45, 2.75) is 13.0 Å². The number of benzene rings is 2. The van der Waals surface area contributed by atoms with Gasteiger partial charge in [-0.15, -0.1) is 0 Å². The van der Waals surface area contributed by atoms with E-state index in [9.17, 15) is 0 Å². The van der Waals surface area contributed by atoms with E-state index in [2.05, 4.69) is 6.07 Å². The number of hydrogen-bond acceptors (Lipinski definition) is 3. The maximum Gasteiger partial charge on any atom is 0.123 e. The lowest BCUT2D eigenvalue weighted by molar-refractivity contribution is 0.284. The summed E-state index contributed by atoms with van der Waals surface area (Å²) in [5, 5.41) is 17.8. The zero-order valence-corrected chi connectivity index (χ0v) is 10.5. The van der Waals surface area contributed by atoms with Crippen LogP contribution in [0.2, 0.25) is 0 Å². The van der Waals surface area contributed by atoms with Crippen molar-refractivity contribution in [3.8, 4) is 11.8 Å². The fourth-order valence-electron chi connectivity index (χ4n) is 1.86. The molecule has 0 unspecified atom stereocenters. The van der Waals surface area contributed by atoms with Crippen LogP contribution in [0.1, 0.15) is 16.7 Å². The van der Waals surface area contributed by atoms with Crippen molar-refractivity contribution < 1.29 is 9.84 Å². The summed E-state index contributed by atoms with van der Waals surface area (Å²) in [4.78, 5) is 0. The summed E-state index contributed by atoms with van der Waals surface area (Å²) in [6.45, 7) is 0.516. The summed E-state index contributed by atoms with van der Waals surface area (Å²) in [7, 11) is 0. The Labute approximate surface area is 112 Å². The van der Waals surface area contributed by atoms with E-state index in [4.69, 9.17) is 15.1 Å². The molecule has 3 nitrogen and oxygen atoms in total. The molecule has 0 saturated carbocycles. The summed E-state index contributed by atoms with van der Waals surface area (Å²) in [5.41, 5.74) is 2.57. The van der Waals surface area contributed by atoms with Crippen LogP contribution in [0, 0.1) is 11.3 Å². The SMILES string of the molecule is N#Cc1cccc(COc2ccccc2CCO)c1. The Morgan fingerprint density at radius 3 is 2.74 bits per heavy atom. The molecule has 0 aliphatic carbocycles. The summed E-state index contributed by atoms with van der Waals surface area (Å²) in [6, 6.07) is 17.1. The molecule has 0 spiro atoms. The highest BCUT2D eigenvalue weighted by Gasteiger charge is 2.03. The molecule has 0 atom stereocenters. The van der Waals surface area contributed by atoms with E-state index in [0.29, 0.717) is 18.6 Å². The van der Waals surface area contributed by atoms with Crippen LogP contribution in [-0.2, 0) is 13.0 Å². The molecular formula is C16H15NO2. The summed E-state index contributed by atoms with van der Waals surface area (Å²) < 4.78 is 5.75. The van der Waals surface area contributed by atoms with Crippen LogP contribution in [0.5, 0.6) is 5.75 Å². The van der Waals surface area contributed by atoms with Crippen molar-refractivity contribution in [2.75, 3.05) is 6.61 Å². The first-order valence-corrected chi connectivity index (χ1v) is 6.14. The number of hydrogen-bond donors (Lipinski definition) is 1. The van der Waals surface area contributed by atoms with Gasteiger partial charge in [-0.3, -0.25) is 0 Å². The van der Waals surface area contributed by atoms with Gasteiger partial charge >= 0.3 is 0 Å². The molecule has 2 rings (SSSR count). The molecule has 3 heteroatoms. The number of aliphatic hydroxyl groups excluding tert-OH is 1. The lowest BCUT2D eigenvalue weighted by Gasteiger charge is -2.10. The van der Waals surface area contributed by atoms with E-state index >= 15 is 0 Å². The van der Waals surface area contributed by atoms with Gasteiger partial charge in [0, 0.05) is 6.61 Å². The minimum Gasteiger partial charge on any atom is -0.489 e. The number of para-hydroxylation sites is 1. The van der Waals surface area contributed by atoms with Crippen LogP contribution in [0.15, 0.2) is 48.5 Å². The smallest absolute Gasteiger partial charge is 0.123 e. The second-order valence-corrected chi connectivity index (χ2v) is 4.18. The summed E-state index contributed by atoms with van der Waals surface area (Å²) in [6.07, 6.45) is 0.578. The fraction of sp³-hybridized carbons (Fsp3) is 0.188. The average molecular weight is 253 g/mol. The van der Waals surface area contributed by atoms with E-state index < -0.39 is 0 Å². The Morgan fingerprint density at radius 2 is 1.95 bits per heavy atom. The van der Waals surface area contributed by atoms with Gasteiger partial charge in [0.2, 0.25) is 0 Å². The fourth-order valence-corrected chi connectivity index (χ4v) is 1.86. The van der Waals surface area contributed by atoms with Crippen LogP contribution >= 0.6 is 0 Å². The van der Waals surface area contributed by atoms with E-state index in [-0.39, 0.29) is 6.61 Å². The largest absolute Gasteiger partial charge is 0.489 e. The summed E-state index contributed by atoms with van der Waals surface area (Å²) in [5.74, 6) is 0.777. The van der Waals surface area contributed by atoms with Crippen molar-refractivity contribution in [3.63, 3.8) is 0 Å². The predicted molar refractivity (Wildman–Crippen MR) is 72.7 cm³/mol. The number of aliphatic hydroxyl groups is 1. The van der Waals surface area contributed by atoms with Crippen molar-refractivity contribution in [1.29, 1.82) is 5.26 Å². The molecule has 2 aromatic carbocycles. The highest BCUT2D eigenvalue weighted by Crippen LogP contribution is 2.19. The molecule has 1 N–H and O–H groups in total. The van der Waals surface area contributed by atoms with Gasteiger partial charge < -0.3 is 9.84 Å². The Morgan fingerprint density at radius 1 is 1.11 bits per heavy atom. The number of nitrogens with zero attached hydrogens (tertiary/aromatic N) is 1. The minimum atomic E-state index is 0.101. The number of nitriles is 1. The first kappa shape index (κ1) is 13.1. The van der Waals surface area contributed by atoms with Crippen LogP contribution in [0.4, 0.5) is 0 Å². The van der Waals surface area contributed by atoms with Gasteiger partial charge in [0.15, 0.2) is 0 Å². The molecule has 0 fully saturated rings. The first-order valence-electron chi connectivity index (χ1n) is 6.14. The molecule has 0 bridgehead atoms. The second-order valence-electron chi connectivity index (χ2n) is 4.18. The lowest BCUT2D eigenvalue weighted by Crippen LogP contribution is -2.00. The van der Waals surface area contributed by atoms with Crippen LogP contribution in [0.25, 0.3) is 0 Å². The molecule has 19 heavy (non-hydrogen) atoms. The maximum absolute atomic E-state index is 9.01. The molecule has 0 saturated heterocycles. The third kappa shape index (κ3) is 3.57. The van der Waals surface area contributed by atoms with Crippen molar-refractivity contribution in [2.24, 2.45) is 0 Å². The van der Waals surface area contributed by atoms with Gasteiger partial charge in [0.05, 0.1) is 11.6 Å². The molecule has 96 valence electrons. The van der Waals surface area contributed by atoms with Crippen LogP contribution in [0.3, 0.4) is 0 Å². The van der Waals surface area contributed by atoms with Crippen molar-refractivity contribution >= 4 is 0 Å². The average Bonchev–Trinajstić information content (AvgIpc) is 2.47. The zero-order chi connectivity index (χ0) is 13.5. The Balaban J connectivity index is 2.08. The lowest BCUT2D eigenvalue weighted by atomic mass is 10.1. The third-order valence-corrected chi connectivity index (χ3v) is 2.80. The Hall–Kier alpha value is -2.31. The summed E-state index contributed by atoms with van der Waals surface area (Å²) >= 11 is 0. The molecule has 0 aliphatic heterocycles. The highest BCUT2D eigenvalue weighted by molar-refractivity contribution is 5.35. The first-order chi connectivity index (χ1) is 9.33. The molecule has 2 aromatic rings. The zero-order valence-electron chi connectivity index (χ0n) is 10.5. The topological polar surface area (TPSA) is 53.2 Å². The molecular weight excluding hydrogens is 238 g/mol. The van der Waals surface area contributed by atoms with E-state index in [1.54, 1.807) is 6.07 Å². The van der Waals surface area contributed by atoms with Gasteiger partial charge in [0.25, 0.3) is 0 Å². The van der Waals surface area contributed by atoms with Crippen molar-refractivity contribution in [1.82, 2.24) is 0 Å². The standard InChI is InChI=1S/C16H15NO2/c17-11-13-4-3-5-14(10-13)12-19-16-7-2-1-6-15(16)8-9-18/h1-7,10,18H,8-9,12H2. The van der Waals surface area contributed by atoms with Gasteiger partial charge in [-0.1, -0.05) is 30.3 Å². The van der Waals surface area contributed by atoms with E-state index in [1.165, 1.54) is 0 Å². The minimum absolute atomic E-state index is 0.101. The highest BCUT2D eigenvalue weighted by atomic mass is 16.5. The van der Waals surface area contributed by atoms with Gasteiger partial charge in [-0.25, -0.2) is 0 Å². The van der Waals surface area contributed by atoms with Gasteiger partial charge in [0.1, 0.15) is 12.4 Å². The van der Waals surface area contributed by atoms with Gasteiger partial charge in [-0.2, -0.15) is 5.26 Å². The molecule has 0 aromatic heterocycles. The van der Waals surface area contributed by atoms with Crippen molar-refractivity contribution in [3.05, 3.63) is 65.2 Å². The van der Waals surface area contributed by atoms with Crippen LogP contribution in [-0.4, -0.2) is 11.7 Å². The number of rotatable bonds is 5. The molecule has 0 aliphatic rings. The Bertz CT molecular complexity index is 587. The van der Waals surface area contributed by atoms with Crippen LogP contribution < -0.4 is 4.74 Å². The Kier molecular flexibility index (Phi) is 4.54. The second kappa shape index (κ2) is 6.58. The molecule has 0 amide bonds. The quantitative estimate of drug-likeness (QED) is 0.891. The normalized spacial score (nSPS) is 9.89. The third-order valence-electron chi connectivity index (χ3n) is 2.80. The molecule has 0 radical (unpaired) electrons. The predicted octanol–water partition coefficient (Wildman–Crippen LogP) is 2.67. The monoisotopic (exact) mass is 253 g/mol. The van der Waals surface area contributed by atoms with E-state index in [1.807, 2.05) is 42.5 Å². The maximum atomic E-state index is 9.01. The molecule has 0 heterocycles. The number of ether oxygens (including phenoxy) is 1. The van der Waals surface area contributed by atoms with Gasteiger partial charge in [-0.05, 0) is 35.7 Å². The van der Waals surface area contributed by atoms with E-state index in [0.717, 1.165) is 16.9 Å².